The first-order valence-corrected chi connectivity index (χ1v) is 11.3. The Morgan fingerprint density at radius 2 is 1.78 bits per heavy atom. The lowest BCUT2D eigenvalue weighted by Gasteiger charge is -2.17. The Morgan fingerprint density at radius 1 is 1.03 bits per heavy atom. The number of methoxy groups -OCH3 is 2. The van der Waals surface area contributed by atoms with Crippen LogP contribution in [0.15, 0.2) is 41.8 Å². The van der Waals surface area contributed by atoms with E-state index in [9.17, 15) is 4.79 Å². The van der Waals surface area contributed by atoms with Gasteiger partial charge in [-0.05, 0) is 50.6 Å². The maximum absolute atomic E-state index is 12.9. The highest BCUT2D eigenvalue weighted by Gasteiger charge is 2.19. The molecule has 2 aromatic carbocycles. The third-order valence-electron chi connectivity index (χ3n) is 4.79. The summed E-state index contributed by atoms with van der Waals surface area (Å²) >= 11 is 1.38. The summed E-state index contributed by atoms with van der Waals surface area (Å²) < 4.78 is 22.2. The molecular weight excluding hydrogens is 428 g/mol. The van der Waals surface area contributed by atoms with Gasteiger partial charge in [-0.2, -0.15) is 0 Å². The van der Waals surface area contributed by atoms with Crippen molar-refractivity contribution in [3.63, 3.8) is 0 Å². The molecule has 0 saturated carbocycles. The monoisotopic (exact) mass is 456 g/mol. The Labute approximate surface area is 192 Å². The van der Waals surface area contributed by atoms with Crippen molar-refractivity contribution in [1.82, 2.24) is 10.3 Å². The second-order valence-electron chi connectivity index (χ2n) is 6.85. The molecule has 1 N–H and O–H groups in total. The lowest BCUT2D eigenvalue weighted by molar-refractivity contribution is 0.0935. The second kappa shape index (κ2) is 10.9. The van der Waals surface area contributed by atoms with Gasteiger partial charge < -0.3 is 24.3 Å². The Morgan fingerprint density at radius 3 is 2.47 bits per heavy atom. The van der Waals surface area contributed by atoms with Gasteiger partial charge in [-0.1, -0.05) is 12.1 Å². The fraction of sp³-hybridized carbons (Fsp3) is 0.333. The number of rotatable bonds is 10. The number of thiazole rings is 1. The number of hydrogen-bond acceptors (Lipinski definition) is 7. The zero-order valence-electron chi connectivity index (χ0n) is 18.9. The van der Waals surface area contributed by atoms with Crippen molar-refractivity contribution in [2.24, 2.45) is 0 Å². The molecule has 0 radical (unpaired) electrons. The minimum absolute atomic E-state index is 0.242. The standard InChI is InChI=1S/C24H28N2O5S/c1-6-30-19-12-11-16(13-21(19)31-7-2)15(3)25-23(27)18-14-32-24(26-18)17-9-8-10-20(28-4)22(17)29-5/h8-15H,6-7H2,1-5H3,(H,25,27). The van der Waals surface area contributed by atoms with Crippen LogP contribution in [-0.2, 0) is 0 Å². The molecule has 3 aromatic rings. The highest BCUT2D eigenvalue weighted by atomic mass is 32.1. The predicted octanol–water partition coefficient (Wildman–Crippen LogP) is 5.12. The number of ether oxygens (including phenoxy) is 4. The van der Waals surface area contributed by atoms with E-state index >= 15 is 0 Å². The van der Waals surface area contributed by atoms with E-state index < -0.39 is 0 Å². The lowest BCUT2D eigenvalue weighted by Crippen LogP contribution is -2.27. The number of para-hydroxylation sites is 1. The van der Waals surface area contributed by atoms with Crippen molar-refractivity contribution in [2.75, 3.05) is 27.4 Å². The van der Waals surface area contributed by atoms with Crippen LogP contribution >= 0.6 is 11.3 Å². The minimum atomic E-state index is -0.256. The summed E-state index contributed by atoms with van der Waals surface area (Å²) in [5, 5.41) is 5.42. The van der Waals surface area contributed by atoms with Crippen molar-refractivity contribution in [1.29, 1.82) is 0 Å². The van der Waals surface area contributed by atoms with Gasteiger partial charge in [0.1, 0.15) is 10.7 Å². The SMILES string of the molecule is CCOc1ccc(C(C)NC(=O)c2csc(-c3cccc(OC)c3OC)n2)cc1OCC. The van der Waals surface area contributed by atoms with Crippen LogP contribution < -0.4 is 24.3 Å². The van der Waals surface area contributed by atoms with Gasteiger partial charge >= 0.3 is 0 Å². The molecule has 0 fully saturated rings. The summed E-state index contributed by atoms with van der Waals surface area (Å²) in [5.41, 5.74) is 2.03. The molecule has 1 amide bonds. The van der Waals surface area contributed by atoms with Crippen molar-refractivity contribution >= 4 is 17.2 Å². The third-order valence-corrected chi connectivity index (χ3v) is 5.66. The highest BCUT2D eigenvalue weighted by Crippen LogP contribution is 2.39. The van der Waals surface area contributed by atoms with E-state index in [1.807, 2.05) is 57.2 Å². The van der Waals surface area contributed by atoms with Crippen LogP contribution in [0.5, 0.6) is 23.0 Å². The second-order valence-corrected chi connectivity index (χ2v) is 7.70. The average Bonchev–Trinajstić information content (AvgIpc) is 3.30. The molecule has 1 atom stereocenters. The molecule has 0 aliphatic rings. The third kappa shape index (κ3) is 5.13. The molecule has 3 rings (SSSR count). The van der Waals surface area contributed by atoms with Gasteiger partial charge in [0.15, 0.2) is 23.0 Å². The Bertz CT molecular complexity index is 1070. The van der Waals surface area contributed by atoms with E-state index in [2.05, 4.69) is 10.3 Å². The number of carbonyl (C=O) groups excluding carboxylic acids is 1. The number of amides is 1. The van der Waals surface area contributed by atoms with Gasteiger partial charge in [-0.3, -0.25) is 4.79 Å². The Kier molecular flexibility index (Phi) is 7.94. The van der Waals surface area contributed by atoms with Crippen LogP contribution in [0.2, 0.25) is 0 Å². The van der Waals surface area contributed by atoms with E-state index in [4.69, 9.17) is 18.9 Å². The molecule has 8 heteroatoms. The first kappa shape index (κ1) is 23.4. The quantitative estimate of drug-likeness (QED) is 0.456. The molecule has 0 bridgehead atoms. The summed E-state index contributed by atoms with van der Waals surface area (Å²) in [6, 6.07) is 11.0. The predicted molar refractivity (Wildman–Crippen MR) is 125 cm³/mol. The molecule has 1 aromatic heterocycles. The molecule has 1 heterocycles. The molecular formula is C24H28N2O5S. The maximum Gasteiger partial charge on any atom is 0.271 e. The average molecular weight is 457 g/mol. The molecule has 0 spiro atoms. The number of nitrogens with zero attached hydrogens (tertiary/aromatic N) is 1. The van der Waals surface area contributed by atoms with Crippen molar-refractivity contribution in [2.45, 2.75) is 26.8 Å². The van der Waals surface area contributed by atoms with Crippen LogP contribution in [0, 0.1) is 0 Å². The van der Waals surface area contributed by atoms with Crippen LogP contribution in [-0.4, -0.2) is 38.3 Å². The minimum Gasteiger partial charge on any atom is -0.493 e. The van der Waals surface area contributed by atoms with Gasteiger partial charge in [0.05, 0.1) is 39.0 Å². The fourth-order valence-electron chi connectivity index (χ4n) is 3.25. The molecule has 170 valence electrons. The lowest BCUT2D eigenvalue weighted by atomic mass is 10.1. The van der Waals surface area contributed by atoms with Crippen molar-refractivity contribution in [3.8, 4) is 33.6 Å². The van der Waals surface area contributed by atoms with Crippen molar-refractivity contribution < 1.29 is 23.7 Å². The number of carbonyl (C=O) groups is 1. The van der Waals surface area contributed by atoms with Crippen LogP contribution in [0.25, 0.3) is 10.6 Å². The topological polar surface area (TPSA) is 78.9 Å². The maximum atomic E-state index is 12.9. The molecule has 32 heavy (non-hydrogen) atoms. The van der Waals surface area contributed by atoms with Gasteiger partial charge in [-0.15, -0.1) is 11.3 Å². The van der Waals surface area contributed by atoms with Gasteiger partial charge in [0.2, 0.25) is 0 Å². The Balaban J connectivity index is 1.78. The van der Waals surface area contributed by atoms with E-state index in [0.717, 1.165) is 11.1 Å². The first-order valence-electron chi connectivity index (χ1n) is 10.4. The zero-order valence-corrected chi connectivity index (χ0v) is 19.7. The Hall–Kier alpha value is -3.26. The van der Waals surface area contributed by atoms with E-state index in [1.165, 1.54) is 11.3 Å². The largest absolute Gasteiger partial charge is 0.493 e. The summed E-state index contributed by atoms with van der Waals surface area (Å²) in [4.78, 5) is 17.4. The molecule has 1 unspecified atom stereocenters. The van der Waals surface area contributed by atoms with Crippen LogP contribution in [0.3, 0.4) is 0 Å². The van der Waals surface area contributed by atoms with Crippen LogP contribution in [0.4, 0.5) is 0 Å². The first-order chi connectivity index (χ1) is 15.5. The highest BCUT2D eigenvalue weighted by molar-refractivity contribution is 7.13. The molecule has 7 nitrogen and oxygen atoms in total. The smallest absolute Gasteiger partial charge is 0.271 e. The van der Waals surface area contributed by atoms with E-state index in [1.54, 1.807) is 19.6 Å². The van der Waals surface area contributed by atoms with E-state index in [0.29, 0.717) is 46.9 Å². The molecule has 0 aliphatic heterocycles. The van der Waals surface area contributed by atoms with Gasteiger partial charge in [-0.25, -0.2) is 4.98 Å². The summed E-state index contributed by atoms with van der Waals surface area (Å²) in [5.74, 6) is 2.29. The molecule has 0 saturated heterocycles. The van der Waals surface area contributed by atoms with Crippen LogP contribution in [0.1, 0.15) is 42.9 Å². The number of hydrogen-bond donors (Lipinski definition) is 1. The fourth-order valence-corrected chi connectivity index (χ4v) is 4.07. The molecule has 0 aliphatic carbocycles. The number of aromatic nitrogens is 1. The summed E-state index contributed by atoms with van der Waals surface area (Å²) in [7, 11) is 3.17. The number of nitrogens with one attached hydrogen (secondary N) is 1. The summed E-state index contributed by atoms with van der Waals surface area (Å²) in [6.45, 7) is 6.84. The van der Waals surface area contributed by atoms with Crippen molar-refractivity contribution in [3.05, 3.63) is 53.0 Å². The number of benzene rings is 2. The summed E-state index contributed by atoms with van der Waals surface area (Å²) in [6.07, 6.45) is 0. The zero-order chi connectivity index (χ0) is 23.1. The van der Waals surface area contributed by atoms with Gasteiger partial charge in [0, 0.05) is 5.38 Å². The van der Waals surface area contributed by atoms with Gasteiger partial charge in [0.25, 0.3) is 5.91 Å². The van der Waals surface area contributed by atoms with E-state index in [-0.39, 0.29) is 11.9 Å². The normalized spacial score (nSPS) is 11.5.